The Kier molecular flexibility index (Phi) is 3.33. The van der Waals surface area contributed by atoms with E-state index in [9.17, 15) is 18.5 Å². The number of fused-ring (bicyclic) bond motifs is 1. The number of H-pyrrole nitrogens is 1. The van der Waals surface area contributed by atoms with Crippen LogP contribution >= 0.6 is 0 Å². The molecule has 0 aliphatic rings. The third kappa shape index (κ3) is 2.42. The predicted molar refractivity (Wildman–Crippen MR) is 77.9 cm³/mol. The lowest BCUT2D eigenvalue weighted by molar-refractivity contribution is -0.385. The van der Waals surface area contributed by atoms with Crippen molar-refractivity contribution < 1.29 is 13.3 Å². The first-order chi connectivity index (χ1) is 10.5. The summed E-state index contributed by atoms with van der Waals surface area (Å²) in [5.41, 5.74) is 0.304. The zero-order valence-electron chi connectivity index (χ0n) is 11.1. The van der Waals surface area contributed by atoms with Crippen molar-refractivity contribution in [2.24, 2.45) is 0 Å². The molecule has 0 atom stereocenters. The summed E-state index contributed by atoms with van der Waals surface area (Å²) in [6, 6.07) is 10.4. The second-order valence-corrected chi connectivity index (χ2v) is 6.57. The van der Waals surface area contributed by atoms with Crippen LogP contribution in [0.2, 0.25) is 0 Å². The van der Waals surface area contributed by atoms with Crippen molar-refractivity contribution in [1.82, 2.24) is 15.4 Å². The summed E-state index contributed by atoms with van der Waals surface area (Å²) in [6.07, 6.45) is 0. The molecule has 22 heavy (non-hydrogen) atoms. The van der Waals surface area contributed by atoms with E-state index in [-0.39, 0.29) is 21.7 Å². The van der Waals surface area contributed by atoms with Gasteiger partial charge in [0.15, 0.2) is 9.84 Å². The van der Waals surface area contributed by atoms with Crippen LogP contribution in [-0.2, 0) is 15.6 Å². The Morgan fingerprint density at radius 2 is 1.82 bits per heavy atom. The van der Waals surface area contributed by atoms with Crippen molar-refractivity contribution in [1.29, 1.82) is 0 Å². The number of benzene rings is 2. The molecule has 112 valence electrons. The monoisotopic (exact) mass is 318 g/mol. The standard InChI is InChI=1S/C13H10N4O4S/c18-17(19)12-7-6-11-13(15-16-14-11)10(12)8-22(20,21)9-4-2-1-3-5-9/h1-7H,8H2,(H,14,15,16). The van der Waals surface area contributed by atoms with Gasteiger partial charge < -0.3 is 0 Å². The van der Waals surface area contributed by atoms with E-state index in [4.69, 9.17) is 0 Å². The first kappa shape index (κ1) is 14.1. The maximum Gasteiger partial charge on any atom is 0.276 e. The number of nitrogens with one attached hydrogen (secondary N) is 1. The molecule has 0 saturated carbocycles. The molecule has 8 nitrogen and oxygen atoms in total. The Bertz CT molecular complexity index is 951. The number of sulfone groups is 1. The van der Waals surface area contributed by atoms with Crippen LogP contribution in [0.4, 0.5) is 5.69 Å². The van der Waals surface area contributed by atoms with Crippen molar-refractivity contribution >= 4 is 26.6 Å². The molecule has 3 rings (SSSR count). The van der Waals surface area contributed by atoms with Gasteiger partial charge in [-0.2, -0.15) is 15.4 Å². The highest BCUT2D eigenvalue weighted by Gasteiger charge is 2.25. The fraction of sp³-hybridized carbons (Fsp3) is 0.0769. The molecular formula is C13H10N4O4S. The number of hydrogen-bond donors (Lipinski definition) is 1. The molecule has 3 aromatic rings. The molecule has 2 aromatic carbocycles. The van der Waals surface area contributed by atoms with E-state index in [1.807, 2.05) is 0 Å². The molecular weight excluding hydrogens is 308 g/mol. The molecule has 0 unspecified atom stereocenters. The number of nitrogens with zero attached hydrogens (tertiary/aromatic N) is 3. The van der Waals surface area contributed by atoms with Gasteiger partial charge in [0.05, 0.1) is 21.1 Å². The Labute approximate surface area is 124 Å². The van der Waals surface area contributed by atoms with Gasteiger partial charge in [0.1, 0.15) is 11.0 Å². The minimum atomic E-state index is -3.72. The largest absolute Gasteiger partial charge is 0.276 e. The molecule has 0 spiro atoms. The third-order valence-electron chi connectivity index (χ3n) is 3.20. The first-order valence-electron chi connectivity index (χ1n) is 6.23. The topological polar surface area (TPSA) is 119 Å². The maximum absolute atomic E-state index is 12.5. The van der Waals surface area contributed by atoms with Crippen LogP contribution in [0, 0.1) is 10.1 Å². The molecule has 1 heterocycles. The second-order valence-electron chi connectivity index (χ2n) is 4.58. The van der Waals surface area contributed by atoms with Gasteiger partial charge in [0, 0.05) is 6.07 Å². The molecule has 0 saturated heterocycles. The quantitative estimate of drug-likeness (QED) is 0.579. The summed E-state index contributed by atoms with van der Waals surface area (Å²) in [7, 11) is -3.72. The summed E-state index contributed by atoms with van der Waals surface area (Å²) >= 11 is 0. The van der Waals surface area contributed by atoms with Crippen LogP contribution in [-0.4, -0.2) is 28.8 Å². The number of aromatic amines is 1. The fourth-order valence-electron chi connectivity index (χ4n) is 2.17. The van der Waals surface area contributed by atoms with Gasteiger partial charge >= 0.3 is 0 Å². The molecule has 9 heteroatoms. The number of aromatic nitrogens is 3. The zero-order valence-corrected chi connectivity index (χ0v) is 11.9. The summed E-state index contributed by atoms with van der Waals surface area (Å²) in [5, 5.41) is 21.2. The average molecular weight is 318 g/mol. The number of rotatable bonds is 4. The number of nitro benzene ring substituents is 1. The first-order valence-corrected chi connectivity index (χ1v) is 7.89. The van der Waals surface area contributed by atoms with Crippen LogP contribution < -0.4 is 0 Å². The van der Waals surface area contributed by atoms with Crippen LogP contribution in [0.3, 0.4) is 0 Å². The van der Waals surface area contributed by atoms with Crippen molar-refractivity contribution in [2.45, 2.75) is 10.6 Å². The number of hydrogen-bond acceptors (Lipinski definition) is 6. The molecule has 0 amide bonds. The highest BCUT2D eigenvalue weighted by Crippen LogP contribution is 2.29. The molecule has 0 aliphatic carbocycles. The SMILES string of the molecule is O=[N+]([O-])c1ccc2n[nH]nc2c1CS(=O)(=O)c1ccccc1. The third-order valence-corrected chi connectivity index (χ3v) is 4.86. The lowest BCUT2D eigenvalue weighted by Crippen LogP contribution is -2.07. The molecule has 0 fully saturated rings. The predicted octanol–water partition coefficient (Wildman–Crippen LogP) is 1.84. The van der Waals surface area contributed by atoms with E-state index in [1.54, 1.807) is 18.2 Å². The minimum Gasteiger partial charge on any atom is -0.258 e. The number of nitro groups is 1. The summed E-state index contributed by atoms with van der Waals surface area (Å²) in [6.45, 7) is 0. The summed E-state index contributed by atoms with van der Waals surface area (Å²) in [5.74, 6) is -0.517. The Morgan fingerprint density at radius 3 is 2.50 bits per heavy atom. The van der Waals surface area contributed by atoms with Crippen molar-refractivity contribution in [3.63, 3.8) is 0 Å². The Balaban J connectivity index is 2.16. The minimum absolute atomic E-state index is 0.0279. The zero-order chi connectivity index (χ0) is 15.7. The van der Waals surface area contributed by atoms with Gasteiger partial charge in [-0.25, -0.2) is 8.42 Å². The molecule has 0 radical (unpaired) electrons. The van der Waals surface area contributed by atoms with E-state index in [0.717, 1.165) is 0 Å². The van der Waals surface area contributed by atoms with Gasteiger partial charge in [-0.3, -0.25) is 10.1 Å². The second kappa shape index (κ2) is 5.19. The van der Waals surface area contributed by atoms with Gasteiger partial charge in [-0.05, 0) is 18.2 Å². The van der Waals surface area contributed by atoms with Crippen LogP contribution in [0.1, 0.15) is 5.56 Å². The van der Waals surface area contributed by atoms with E-state index >= 15 is 0 Å². The van der Waals surface area contributed by atoms with Gasteiger partial charge in [0.25, 0.3) is 5.69 Å². The molecule has 0 aliphatic heterocycles. The van der Waals surface area contributed by atoms with Gasteiger partial charge in [0.2, 0.25) is 0 Å². The molecule has 1 N–H and O–H groups in total. The van der Waals surface area contributed by atoms with Crippen LogP contribution in [0.15, 0.2) is 47.4 Å². The smallest absolute Gasteiger partial charge is 0.258 e. The Morgan fingerprint density at radius 1 is 1.09 bits per heavy atom. The summed E-state index contributed by atoms with van der Waals surface area (Å²) < 4.78 is 24.9. The lowest BCUT2D eigenvalue weighted by Gasteiger charge is -2.06. The van der Waals surface area contributed by atoms with Crippen LogP contribution in [0.25, 0.3) is 11.0 Å². The van der Waals surface area contributed by atoms with E-state index in [1.165, 1.54) is 24.3 Å². The summed E-state index contributed by atoms with van der Waals surface area (Å²) in [4.78, 5) is 10.6. The van der Waals surface area contributed by atoms with E-state index in [0.29, 0.717) is 5.52 Å². The Hall–Kier alpha value is -2.81. The highest BCUT2D eigenvalue weighted by molar-refractivity contribution is 7.90. The highest BCUT2D eigenvalue weighted by atomic mass is 32.2. The maximum atomic E-state index is 12.5. The van der Waals surface area contributed by atoms with E-state index < -0.39 is 20.5 Å². The van der Waals surface area contributed by atoms with Gasteiger partial charge in [-0.1, -0.05) is 18.2 Å². The molecule has 1 aromatic heterocycles. The van der Waals surface area contributed by atoms with Crippen molar-refractivity contribution in [3.05, 3.63) is 58.1 Å². The normalized spacial score (nSPS) is 11.6. The van der Waals surface area contributed by atoms with Crippen molar-refractivity contribution in [3.8, 4) is 0 Å². The average Bonchev–Trinajstić information content (AvgIpc) is 2.97. The van der Waals surface area contributed by atoms with Crippen LogP contribution in [0.5, 0.6) is 0 Å². The fourth-order valence-corrected chi connectivity index (χ4v) is 3.57. The van der Waals surface area contributed by atoms with Crippen molar-refractivity contribution in [2.75, 3.05) is 0 Å². The van der Waals surface area contributed by atoms with Gasteiger partial charge in [-0.15, -0.1) is 0 Å². The molecule has 0 bridgehead atoms. The lowest BCUT2D eigenvalue weighted by atomic mass is 10.1. The van der Waals surface area contributed by atoms with E-state index in [2.05, 4.69) is 15.4 Å².